The number of aromatic nitrogens is 2. The standard InChI is InChI=1S/C24H36N6OS/c1-17-12-18(2)16-30(15-17)22-13-21(29-10-6-4-5-7-11-29)26-23(27-22)28-24(32)25-14-20-9-8-19(3)31-20/h8-9,13,17-18H,4-7,10-12,14-16H2,1-3H3,(H2,25,26,27,28,32)/t17-,18-/m1/s1. The van der Waals surface area contributed by atoms with Gasteiger partial charge in [-0.05, 0) is 62.4 Å². The number of anilines is 3. The zero-order chi connectivity index (χ0) is 22.5. The molecule has 2 aromatic rings. The van der Waals surface area contributed by atoms with Crippen LogP contribution in [0.2, 0.25) is 0 Å². The number of furan rings is 1. The minimum atomic E-state index is 0.499. The van der Waals surface area contributed by atoms with E-state index in [2.05, 4.69) is 40.3 Å². The fourth-order valence-electron chi connectivity index (χ4n) is 4.84. The van der Waals surface area contributed by atoms with Gasteiger partial charge < -0.3 is 24.9 Å². The van der Waals surface area contributed by atoms with Gasteiger partial charge in [0.05, 0.1) is 6.54 Å². The topological polar surface area (TPSA) is 69.5 Å². The maximum atomic E-state index is 5.62. The number of hydrogen-bond acceptors (Lipinski definition) is 6. The summed E-state index contributed by atoms with van der Waals surface area (Å²) in [6, 6.07) is 6.08. The first-order valence-corrected chi connectivity index (χ1v) is 12.4. The summed E-state index contributed by atoms with van der Waals surface area (Å²) in [4.78, 5) is 14.5. The van der Waals surface area contributed by atoms with Gasteiger partial charge in [0.2, 0.25) is 5.95 Å². The van der Waals surface area contributed by atoms with Gasteiger partial charge in [0.15, 0.2) is 5.11 Å². The Kier molecular flexibility index (Phi) is 7.50. The van der Waals surface area contributed by atoms with Gasteiger partial charge in [-0.15, -0.1) is 0 Å². The average Bonchev–Trinajstić information content (AvgIpc) is 2.99. The highest BCUT2D eigenvalue weighted by atomic mass is 32.1. The summed E-state index contributed by atoms with van der Waals surface area (Å²) in [5.41, 5.74) is 0. The van der Waals surface area contributed by atoms with E-state index in [1.54, 1.807) is 0 Å². The van der Waals surface area contributed by atoms with Crippen LogP contribution < -0.4 is 20.4 Å². The van der Waals surface area contributed by atoms with Crippen LogP contribution in [0.3, 0.4) is 0 Å². The van der Waals surface area contributed by atoms with Gasteiger partial charge in [-0.1, -0.05) is 26.7 Å². The largest absolute Gasteiger partial charge is 0.465 e. The number of nitrogens with one attached hydrogen (secondary N) is 2. The lowest BCUT2D eigenvalue weighted by atomic mass is 9.92. The smallest absolute Gasteiger partial charge is 0.232 e. The summed E-state index contributed by atoms with van der Waals surface area (Å²) in [7, 11) is 0. The van der Waals surface area contributed by atoms with Gasteiger partial charge in [-0.25, -0.2) is 0 Å². The second kappa shape index (κ2) is 10.5. The molecule has 2 N–H and O–H groups in total. The van der Waals surface area contributed by atoms with Crippen LogP contribution in [0.5, 0.6) is 0 Å². The molecule has 0 radical (unpaired) electrons. The molecule has 32 heavy (non-hydrogen) atoms. The lowest BCUT2D eigenvalue weighted by Crippen LogP contribution is -2.39. The first-order valence-electron chi connectivity index (χ1n) is 12.0. The van der Waals surface area contributed by atoms with Crippen molar-refractivity contribution in [3.05, 3.63) is 29.7 Å². The van der Waals surface area contributed by atoms with Crippen molar-refractivity contribution in [2.24, 2.45) is 11.8 Å². The quantitative estimate of drug-likeness (QED) is 0.626. The SMILES string of the molecule is Cc1ccc(CNC(=S)Nc2nc(N3CCCCCC3)cc(N3C[C@H](C)C[C@@H](C)C3)n2)o1. The van der Waals surface area contributed by atoms with E-state index in [-0.39, 0.29) is 0 Å². The highest BCUT2D eigenvalue weighted by Gasteiger charge is 2.24. The Balaban J connectivity index is 1.52. The fourth-order valence-corrected chi connectivity index (χ4v) is 5.01. The maximum Gasteiger partial charge on any atom is 0.232 e. The van der Waals surface area contributed by atoms with Crippen molar-refractivity contribution in [2.45, 2.75) is 59.4 Å². The molecule has 4 heterocycles. The van der Waals surface area contributed by atoms with Gasteiger partial charge in [-0.3, -0.25) is 0 Å². The second-order valence-electron chi connectivity index (χ2n) is 9.48. The summed E-state index contributed by atoms with van der Waals surface area (Å²) >= 11 is 5.53. The molecule has 2 aliphatic heterocycles. The molecule has 174 valence electrons. The molecule has 0 amide bonds. The molecule has 0 unspecified atom stereocenters. The third-order valence-electron chi connectivity index (χ3n) is 6.27. The van der Waals surface area contributed by atoms with Crippen LogP contribution in [0.15, 0.2) is 22.6 Å². The fraction of sp³-hybridized carbons (Fsp3) is 0.625. The number of thiocarbonyl (C=S) groups is 1. The van der Waals surface area contributed by atoms with Gasteiger partial charge in [-0.2, -0.15) is 9.97 Å². The predicted molar refractivity (Wildman–Crippen MR) is 134 cm³/mol. The Hall–Kier alpha value is -2.35. The van der Waals surface area contributed by atoms with Crippen molar-refractivity contribution < 1.29 is 4.42 Å². The van der Waals surface area contributed by atoms with Crippen molar-refractivity contribution in [1.82, 2.24) is 15.3 Å². The van der Waals surface area contributed by atoms with Gasteiger partial charge >= 0.3 is 0 Å². The van der Waals surface area contributed by atoms with E-state index in [1.165, 1.54) is 32.1 Å². The molecule has 0 aliphatic carbocycles. The lowest BCUT2D eigenvalue weighted by Gasteiger charge is -2.36. The molecule has 2 atom stereocenters. The summed E-state index contributed by atoms with van der Waals surface area (Å²) in [6.07, 6.45) is 6.28. The van der Waals surface area contributed by atoms with Crippen LogP contribution >= 0.6 is 12.2 Å². The predicted octanol–water partition coefficient (Wildman–Crippen LogP) is 4.73. The van der Waals surface area contributed by atoms with E-state index < -0.39 is 0 Å². The minimum absolute atomic E-state index is 0.499. The van der Waals surface area contributed by atoms with E-state index >= 15 is 0 Å². The molecule has 0 spiro atoms. The molecule has 2 fully saturated rings. The van der Waals surface area contributed by atoms with Crippen molar-refractivity contribution in [3.63, 3.8) is 0 Å². The summed E-state index contributed by atoms with van der Waals surface area (Å²) in [6.45, 7) is 11.3. The van der Waals surface area contributed by atoms with Gasteiger partial charge in [0, 0.05) is 32.2 Å². The molecule has 8 heteroatoms. The number of piperidine rings is 1. The van der Waals surface area contributed by atoms with Crippen LogP contribution in [0.25, 0.3) is 0 Å². The average molecular weight is 457 g/mol. The lowest BCUT2D eigenvalue weighted by molar-refractivity contribution is 0.355. The molecule has 2 aliphatic rings. The van der Waals surface area contributed by atoms with Crippen LogP contribution in [0.1, 0.15) is 57.5 Å². The second-order valence-corrected chi connectivity index (χ2v) is 9.89. The Bertz CT molecular complexity index is 898. The first kappa shape index (κ1) is 22.8. The van der Waals surface area contributed by atoms with Crippen molar-refractivity contribution in [2.75, 3.05) is 41.3 Å². The Morgan fingerprint density at radius 3 is 2.31 bits per heavy atom. The van der Waals surface area contributed by atoms with Crippen molar-refractivity contribution in [1.29, 1.82) is 0 Å². The highest BCUT2D eigenvalue weighted by molar-refractivity contribution is 7.80. The van der Waals surface area contributed by atoms with Crippen LogP contribution in [0.4, 0.5) is 17.6 Å². The molecular weight excluding hydrogens is 420 g/mol. The van der Waals surface area contributed by atoms with E-state index in [0.29, 0.717) is 29.4 Å². The molecule has 2 saturated heterocycles. The number of hydrogen-bond donors (Lipinski definition) is 2. The molecular formula is C24H36N6OS. The van der Waals surface area contributed by atoms with Crippen molar-refractivity contribution >= 4 is 34.9 Å². The Morgan fingerprint density at radius 1 is 1.03 bits per heavy atom. The Morgan fingerprint density at radius 2 is 1.69 bits per heavy atom. The van der Waals surface area contributed by atoms with E-state index in [9.17, 15) is 0 Å². The van der Waals surface area contributed by atoms with Crippen molar-refractivity contribution in [3.8, 4) is 0 Å². The molecule has 0 saturated carbocycles. The minimum Gasteiger partial charge on any atom is -0.465 e. The highest BCUT2D eigenvalue weighted by Crippen LogP contribution is 2.29. The van der Waals surface area contributed by atoms with E-state index in [4.69, 9.17) is 26.6 Å². The zero-order valence-electron chi connectivity index (χ0n) is 19.6. The molecule has 0 aromatic carbocycles. The summed E-state index contributed by atoms with van der Waals surface area (Å²) in [5.74, 6) is 5.60. The monoisotopic (exact) mass is 456 g/mol. The zero-order valence-corrected chi connectivity index (χ0v) is 20.4. The van der Waals surface area contributed by atoms with Crippen LogP contribution in [-0.2, 0) is 6.54 Å². The number of rotatable bonds is 5. The third kappa shape index (κ3) is 6.12. The maximum absolute atomic E-state index is 5.62. The van der Waals surface area contributed by atoms with E-state index in [0.717, 1.165) is 49.3 Å². The molecule has 2 aromatic heterocycles. The first-order chi connectivity index (χ1) is 15.5. The van der Waals surface area contributed by atoms with Crippen LogP contribution in [0, 0.1) is 18.8 Å². The molecule has 7 nitrogen and oxygen atoms in total. The molecule has 0 bridgehead atoms. The molecule has 4 rings (SSSR count). The van der Waals surface area contributed by atoms with Gasteiger partial charge in [0.1, 0.15) is 23.2 Å². The normalized spacial score (nSPS) is 21.8. The number of nitrogens with zero attached hydrogens (tertiary/aromatic N) is 4. The summed E-state index contributed by atoms with van der Waals surface area (Å²) in [5, 5.41) is 6.92. The van der Waals surface area contributed by atoms with E-state index in [1.807, 2.05) is 19.1 Å². The Labute approximate surface area is 197 Å². The van der Waals surface area contributed by atoms with Gasteiger partial charge in [0.25, 0.3) is 0 Å². The van der Waals surface area contributed by atoms with Crippen LogP contribution in [-0.4, -0.2) is 41.3 Å². The summed E-state index contributed by atoms with van der Waals surface area (Å²) < 4.78 is 5.62. The third-order valence-corrected chi connectivity index (χ3v) is 6.51. The number of aryl methyl sites for hydroxylation is 1.